The number of rotatable bonds is 2. The number of imidazole rings is 2. The number of aliphatic hydroxyl groups is 1. The van der Waals surface area contributed by atoms with Gasteiger partial charge in [-0.25, -0.2) is 9.97 Å². The molecule has 2 aromatic heterocycles. The molecule has 3 aromatic rings. The van der Waals surface area contributed by atoms with Gasteiger partial charge in [0.1, 0.15) is 5.82 Å². The minimum atomic E-state index is 0.0311. The van der Waals surface area contributed by atoms with Crippen molar-refractivity contribution >= 4 is 11.0 Å². The molecule has 2 N–H and O–H groups in total. The molecule has 0 saturated carbocycles. The van der Waals surface area contributed by atoms with E-state index < -0.39 is 0 Å². The smallest absolute Gasteiger partial charge is 0.109 e. The van der Waals surface area contributed by atoms with E-state index in [0.29, 0.717) is 0 Å². The second-order valence-electron chi connectivity index (χ2n) is 5.22. The molecule has 0 aliphatic carbocycles. The summed E-state index contributed by atoms with van der Waals surface area (Å²) in [6, 6.07) is 6.06. The predicted molar refractivity (Wildman–Crippen MR) is 76.2 cm³/mol. The zero-order valence-electron chi connectivity index (χ0n) is 11.1. The van der Waals surface area contributed by atoms with Crippen molar-refractivity contribution in [3.63, 3.8) is 0 Å². The first kappa shape index (κ1) is 11.7. The van der Waals surface area contributed by atoms with Gasteiger partial charge in [0.2, 0.25) is 0 Å². The monoisotopic (exact) mass is 268 g/mol. The largest absolute Gasteiger partial charge is 0.390 e. The molecule has 3 heterocycles. The molecule has 0 radical (unpaired) electrons. The van der Waals surface area contributed by atoms with Crippen LogP contribution in [0.25, 0.3) is 22.3 Å². The maximum Gasteiger partial charge on any atom is 0.109 e. The minimum Gasteiger partial charge on any atom is -0.390 e. The quantitative estimate of drug-likeness (QED) is 0.749. The lowest BCUT2D eigenvalue weighted by Gasteiger charge is -2.15. The van der Waals surface area contributed by atoms with Crippen molar-refractivity contribution in [1.29, 1.82) is 0 Å². The third-order valence-corrected chi connectivity index (χ3v) is 4.03. The molecular formula is C15H16N4O. The number of nitrogens with zero attached hydrogens (tertiary/aromatic N) is 3. The van der Waals surface area contributed by atoms with E-state index in [2.05, 4.69) is 20.6 Å². The summed E-state index contributed by atoms with van der Waals surface area (Å²) in [6.07, 6.45) is 5.04. The van der Waals surface area contributed by atoms with Crippen LogP contribution < -0.4 is 0 Å². The van der Waals surface area contributed by atoms with Crippen molar-refractivity contribution in [2.24, 2.45) is 0 Å². The molecule has 1 aliphatic heterocycles. The van der Waals surface area contributed by atoms with E-state index in [1.54, 1.807) is 6.33 Å². The van der Waals surface area contributed by atoms with Gasteiger partial charge in [-0.3, -0.25) is 0 Å². The van der Waals surface area contributed by atoms with E-state index in [1.165, 1.54) is 6.42 Å². The summed E-state index contributed by atoms with van der Waals surface area (Å²) in [5.74, 6) is 1.10. The first-order valence-electron chi connectivity index (χ1n) is 6.99. The number of fused-ring (bicyclic) bond motifs is 2. The molecule has 0 atom stereocenters. The number of aryl methyl sites for hydroxylation is 1. The highest BCUT2D eigenvalue weighted by molar-refractivity contribution is 5.81. The first-order chi connectivity index (χ1) is 9.86. The highest BCUT2D eigenvalue weighted by Gasteiger charge is 2.20. The van der Waals surface area contributed by atoms with E-state index >= 15 is 0 Å². The van der Waals surface area contributed by atoms with E-state index in [0.717, 1.165) is 53.2 Å². The Bertz CT molecular complexity index is 771. The van der Waals surface area contributed by atoms with Gasteiger partial charge < -0.3 is 14.7 Å². The SMILES string of the molecule is OCc1c(-c2ccc3nc[nH]c3c2)nc2n1CCCC2. The number of nitrogens with one attached hydrogen (secondary N) is 1. The topological polar surface area (TPSA) is 66.7 Å². The van der Waals surface area contributed by atoms with Crippen LogP contribution in [0.1, 0.15) is 24.4 Å². The third-order valence-electron chi connectivity index (χ3n) is 4.03. The number of hydrogen-bond acceptors (Lipinski definition) is 3. The Morgan fingerprint density at radius 1 is 1.30 bits per heavy atom. The highest BCUT2D eigenvalue weighted by Crippen LogP contribution is 2.29. The first-order valence-corrected chi connectivity index (χ1v) is 6.99. The number of aromatic amines is 1. The summed E-state index contributed by atoms with van der Waals surface area (Å²) < 4.78 is 2.18. The maximum absolute atomic E-state index is 9.72. The summed E-state index contributed by atoms with van der Waals surface area (Å²) in [7, 11) is 0. The molecule has 20 heavy (non-hydrogen) atoms. The molecule has 5 heteroatoms. The zero-order valence-corrected chi connectivity index (χ0v) is 11.1. The Hall–Kier alpha value is -2.14. The van der Waals surface area contributed by atoms with Crippen LogP contribution in [0.5, 0.6) is 0 Å². The molecule has 0 bridgehead atoms. The summed E-state index contributed by atoms with van der Waals surface area (Å²) in [6.45, 7) is 0.994. The van der Waals surface area contributed by atoms with Gasteiger partial charge in [-0.1, -0.05) is 6.07 Å². The van der Waals surface area contributed by atoms with Crippen molar-refractivity contribution in [3.8, 4) is 11.3 Å². The van der Waals surface area contributed by atoms with E-state index in [9.17, 15) is 5.11 Å². The average Bonchev–Trinajstić information content (AvgIpc) is 3.10. The van der Waals surface area contributed by atoms with Gasteiger partial charge >= 0.3 is 0 Å². The number of aliphatic hydroxyl groups excluding tert-OH is 1. The molecule has 0 amide bonds. The summed E-state index contributed by atoms with van der Waals surface area (Å²) in [4.78, 5) is 12.1. The van der Waals surface area contributed by atoms with Crippen molar-refractivity contribution in [1.82, 2.24) is 19.5 Å². The van der Waals surface area contributed by atoms with Crippen LogP contribution in [0.4, 0.5) is 0 Å². The van der Waals surface area contributed by atoms with Gasteiger partial charge in [0.15, 0.2) is 0 Å². The molecule has 0 spiro atoms. The van der Waals surface area contributed by atoms with Gasteiger partial charge in [-0.15, -0.1) is 0 Å². The van der Waals surface area contributed by atoms with Crippen molar-refractivity contribution in [2.75, 3.05) is 0 Å². The highest BCUT2D eigenvalue weighted by atomic mass is 16.3. The number of aromatic nitrogens is 4. The van der Waals surface area contributed by atoms with Gasteiger partial charge in [0.25, 0.3) is 0 Å². The maximum atomic E-state index is 9.72. The van der Waals surface area contributed by atoms with Gasteiger partial charge in [-0.05, 0) is 25.0 Å². The molecule has 0 saturated heterocycles. The van der Waals surface area contributed by atoms with Crippen molar-refractivity contribution < 1.29 is 5.11 Å². The lowest BCUT2D eigenvalue weighted by Crippen LogP contribution is -2.12. The third kappa shape index (κ3) is 1.67. The number of hydrogen-bond donors (Lipinski definition) is 2. The van der Waals surface area contributed by atoms with Crippen LogP contribution in [0, 0.1) is 0 Å². The van der Waals surface area contributed by atoms with Crippen LogP contribution in [-0.2, 0) is 19.6 Å². The van der Waals surface area contributed by atoms with Gasteiger partial charge in [0, 0.05) is 18.5 Å². The molecule has 5 nitrogen and oxygen atoms in total. The van der Waals surface area contributed by atoms with Gasteiger partial charge in [0.05, 0.1) is 35.4 Å². The summed E-state index contributed by atoms with van der Waals surface area (Å²) in [5.41, 5.74) is 4.81. The number of benzene rings is 1. The van der Waals surface area contributed by atoms with E-state index in [-0.39, 0.29) is 6.61 Å². The Morgan fingerprint density at radius 2 is 2.25 bits per heavy atom. The Balaban J connectivity index is 1.90. The van der Waals surface area contributed by atoms with Crippen LogP contribution in [0.2, 0.25) is 0 Å². The molecule has 1 aromatic carbocycles. The zero-order chi connectivity index (χ0) is 13.5. The fourth-order valence-corrected chi connectivity index (χ4v) is 3.02. The van der Waals surface area contributed by atoms with Crippen molar-refractivity contribution in [2.45, 2.75) is 32.4 Å². The molecule has 102 valence electrons. The van der Waals surface area contributed by atoms with Crippen LogP contribution in [0.15, 0.2) is 24.5 Å². The Labute approximate surface area is 116 Å². The van der Waals surface area contributed by atoms with Crippen LogP contribution >= 0.6 is 0 Å². The lowest BCUT2D eigenvalue weighted by molar-refractivity contribution is 0.268. The second kappa shape index (κ2) is 4.45. The fraction of sp³-hybridized carbons (Fsp3) is 0.333. The Kier molecular flexibility index (Phi) is 2.60. The molecule has 0 unspecified atom stereocenters. The predicted octanol–water partition coefficient (Wildman–Crippen LogP) is 2.25. The summed E-state index contributed by atoms with van der Waals surface area (Å²) in [5, 5.41) is 9.72. The standard InChI is InChI=1S/C15H16N4O/c20-8-13-15(18-14-3-1-2-6-19(13)14)10-4-5-11-12(7-10)17-9-16-11/h4-5,7,9,20H,1-3,6,8H2,(H,16,17). The Morgan fingerprint density at radius 3 is 3.15 bits per heavy atom. The van der Waals surface area contributed by atoms with Crippen molar-refractivity contribution in [3.05, 3.63) is 36.0 Å². The van der Waals surface area contributed by atoms with Crippen LogP contribution in [-0.4, -0.2) is 24.6 Å². The minimum absolute atomic E-state index is 0.0311. The molecule has 4 rings (SSSR count). The van der Waals surface area contributed by atoms with Crippen LogP contribution in [0.3, 0.4) is 0 Å². The average molecular weight is 268 g/mol. The normalized spacial score (nSPS) is 14.7. The molecular weight excluding hydrogens is 252 g/mol. The van der Waals surface area contributed by atoms with Gasteiger partial charge in [-0.2, -0.15) is 0 Å². The van der Waals surface area contributed by atoms with E-state index in [4.69, 9.17) is 4.98 Å². The molecule has 1 aliphatic rings. The lowest BCUT2D eigenvalue weighted by atomic mass is 10.1. The van der Waals surface area contributed by atoms with E-state index in [1.807, 2.05) is 12.1 Å². The fourth-order valence-electron chi connectivity index (χ4n) is 3.02. The molecule has 0 fully saturated rings. The summed E-state index contributed by atoms with van der Waals surface area (Å²) >= 11 is 0. The number of H-pyrrole nitrogens is 1. The second-order valence-corrected chi connectivity index (χ2v) is 5.22.